The molecule has 2 aliphatic heterocycles. The maximum absolute atomic E-state index is 13.9. The van der Waals surface area contributed by atoms with Crippen LogP contribution in [0.25, 0.3) is 0 Å². The molecule has 3 amide bonds. The molecule has 0 spiro atoms. The van der Waals surface area contributed by atoms with Crippen LogP contribution in [0.15, 0.2) is 36.4 Å². The van der Waals surface area contributed by atoms with Gasteiger partial charge in [-0.25, -0.2) is 18.0 Å². The van der Waals surface area contributed by atoms with Crippen molar-refractivity contribution in [3.8, 4) is 0 Å². The molecule has 3 atom stereocenters. The molecule has 188 valence electrons. The van der Waals surface area contributed by atoms with Crippen molar-refractivity contribution in [1.82, 2.24) is 9.80 Å². The number of carbonyl (C=O) groups is 2. The number of nitrogens with zero attached hydrogens (tertiary/aromatic N) is 2. The van der Waals surface area contributed by atoms with Gasteiger partial charge in [0, 0.05) is 37.3 Å². The maximum Gasteiger partial charge on any atom is 0.322 e. The number of amides is 3. The van der Waals surface area contributed by atoms with E-state index in [9.17, 15) is 22.8 Å². The van der Waals surface area contributed by atoms with Gasteiger partial charge >= 0.3 is 6.03 Å². The average Bonchev–Trinajstić information content (AvgIpc) is 3.43. The lowest BCUT2D eigenvalue weighted by atomic mass is 10.0. The summed E-state index contributed by atoms with van der Waals surface area (Å²) >= 11 is 0. The molecule has 0 unspecified atom stereocenters. The summed E-state index contributed by atoms with van der Waals surface area (Å²) in [6, 6.07) is 8.04. The van der Waals surface area contributed by atoms with Crippen LogP contribution in [-0.4, -0.2) is 53.0 Å². The SMILES string of the molecule is CCCCc1ccc(NC(=O)N2C[C@@H]3C[C@@H]2CN3C(=O)C[C@H](N)Cc2cc(F)c(F)cc2F)cc1. The Bertz CT molecular complexity index is 1080. The molecule has 2 aromatic carbocycles. The van der Waals surface area contributed by atoms with Crippen LogP contribution >= 0.6 is 0 Å². The molecule has 4 rings (SSSR count). The highest BCUT2D eigenvalue weighted by Crippen LogP contribution is 2.32. The molecule has 0 aliphatic carbocycles. The Hall–Kier alpha value is -3.07. The first-order valence-electron chi connectivity index (χ1n) is 12.1. The zero-order valence-corrected chi connectivity index (χ0v) is 19.8. The van der Waals surface area contributed by atoms with Gasteiger partial charge in [0.1, 0.15) is 5.82 Å². The molecule has 0 saturated carbocycles. The first kappa shape index (κ1) is 25.0. The Morgan fingerprint density at radius 3 is 2.34 bits per heavy atom. The van der Waals surface area contributed by atoms with Crippen molar-refractivity contribution >= 4 is 17.6 Å². The second kappa shape index (κ2) is 10.7. The predicted molar refractivity (Wildman–Crippen MR) is 127 cm³/mol. The van der Waals surface area contributed by atoms with E-state index in [1.54, 1.807) is 9.80 Å². The van der Waals surface area contributed by atoms with Crippen molar-refractivity contribution in [2.24, 2.45) is 5.73 Å². The van der Waals surface area contributed by atoms with E-state index >= 15 is 0 Å². The number of anilines is 1. The van der Waals surface area contributed by atoms with Crippen molar-refractivity contribution in [3.63, 3.8) is 0 Å². The molecule has 6 nitrogen and oxygen atoms in total. The summed E-state index contributed by atoms with van der Waals surface area (Å²) in [6.45, 7) is 3.00. The lowest BCUT2D eigenvalue weighted by Gasteiger charge is -2.34. The second-order valence-electron chi connectivity index (χ2n) is 9.50. The first-order valence-corrected chi connectivity index (χ1v) is 12.1. The van der Waals surface area contributed by atoms with Crippen LogP contribution < -0.4 is 11.1 Å². The summed E-state index contributed by atoms with van der Waals surface area (Å²) in [5.74, 6) is -3.48. The van der Waals surface area contributed by atoms with Gasteiger partial charge in [0.2, 0.25) is 5.91 Å². The molecular weight excluding hydrogens is 457 g/mol. The largest absolute Gasteiger partial charge is 0.336 e. The van der Waals surface area contributed by atoms with Crippen LogP contribution in [0.2, 0.25) is 0 Å². The quantitative estimate of drug-likeness (QED) is 0.546. The summed E-state index contributed by atoms with van der Waals surface area (Å²) in [5.41, 5.74) is 7.94. The number of halogens is 3. The molecule has 2 fully saturated rings. The van der Waals surface area contributed by atoms with E-state index in [4.69, 9.17) is 5.73 Å². The normalized spacial score (nSPS) is 19.8. The lowest BCUT2D eigenvalue weighted by molar-refractivity contribution is -0.133. The van der Waals surface area contributed by atoms with E-state index < -0.39 is 23.5 Å². The van der Waals surface area contributed by atoms with E-state index in [0.717, 1.165) is 31.0 Å². The Morgan fingerprint density at radius 1 is 1.03 bits per heavy atom. The monoisotopic (exact) mass is 488 g/mol. The van der Waals surface area contributed by atoms with Crippen molar-refractivity contribution in [2.45, 2.75) is 63.6 Å². The van der Waals surface area contributed by atoms with Gasteiger partial charge in [-0.05, 0) is 55.0 Å². The minimum absolute atomic E-state index is 0.0434. The fourth-order valence-corrected chi connectivity index (χ4v) is 4.97. The molecule has 2 bridgehead atoms. The number of likely N-dealkylation sites (tertiary alicyclic amines) is 2. The van der Waals surface area contributed by atoms with E-state index in [0.29, 0.717) is 25.6 Å². The van der Waals surface area contributed by atoms with Crippen molar-refractivity contribution in [2.75, 3.05) is 18.4 Å². The zero-order chi connectivity index (χ0) is 25.1. The fourth-order valence-electron chi connectivity index (χ4n) is 4.97. The Kier molecular flexibility index (Phi) is 7.64. The molecule has 3 N–H and O–H groups in total. The summed E-state index contributed by atoms with van der Waals surface area (Å²) in [7, 11) is 0. The highest BCUT2D eigenvalue weighted by Gasteiger charge is 2.47. The van der Waals surface area contributed by atoms with Gasteiger partial charge in [-0.3, -0.25) is 4.79 Å². The maximum atomic E-state index is 13.9. The Labute approximate surface area is 203 Å². The average molecular weight is 489 g/mol. The number of hydrogen-bond acceptors (Lipinski definition) is 3. The number of rotatable bonds is 8. The number of nitrogens with two attached hydrogens (primary N) is 1. The van der Waals surface area contributed by atoms with Crippen LogP contribution in [-0.2, 0) is 17.6 Å². The summed E-state index contributed by atoms with van der Waals surface area (Å²) < 4.78 is 40.4. The molecule has 2 saturated heterocycles. The molecular formula is C26H31F3N4O2. The summed E-state index contributed by atoms with van der Waals surface area (Å²) in [5, 5.41) is 2.94. The van der Waals surface area contributed by atoms with Gasteiger partial charge < -0.3 is 20.9 Å². The highest BCUT2D eigenvalue weighted by atomic mass is 19.2. The van der Waals surface area contributed by atoms with Crippen LogP contribution in [0.3, 0.4) is 0 Å². The molecule has 2 heterocycles. The van der Waals surface area contributed by atoms with Gasteiger partial charge in [-0.1, -0.05) is 25.5 Å². The van der Waals surface area contributed by atoms with Crippen LogP contribution in [0, 0.1) is 17.5 Å². The minimum Gasteiger partial charge on any atom is -0.336 e. The second-order valence-corrected chi connectivity index (χ2v) is 9.50. The number of aryl methyl sites for hydroxylation is 1. The first-order chi connectivity index (χ1) is 16.7. The minimum atomic E-state index is -1.26. The number of nitrogens with one attached hydrogen (secondary N) is 1. The third-order valence-electron chi connectivity index (χ3n) is 6.85. The molecule has 0 aromatic heterocycles. The van der Waals surface area contributed by atoms with Crippen molar-refractivity contribution < 1.29 is 22.8 Å². The number of unbranched alkanes of at least 4 members (excludes halogenated alkanes) is 1. The van der Waals surface area contributed by atoms with Crippen LogP contribution in [0.5, 0.6) is 0 Å². The number of fused-ring (bicyclic) bond motifs is 2. The van der Waals surface area contributed by atoms with E-state index in [2.05, 4.69) is 12.2 Å². The summed E-state index contributed by atoms with van der Waals surface area (Å²) in [6.07, 6.45) is 3.85. The number of carbonyl (C=O) groups excluding carboxylic acids is 2. The van der Waals surface area contributed by atoms with E-state index in [1.807, 2.05) is 24.3 Å². The number of urea groups is 1. The number of benzene rings is 2. The number of piperazine rings is 1. The predicted octanol–water partition coefficient (Wildman–Crippen LogP) is 4.22. The van der Waals surface area contributed by atoms with Crippen molar-refractivity contribution in [3.05, 3.63) is 65.0 Å². The topological polar surface area (TPSA) is 78.7 Å². The van der Waals surface area contributed by atoms with Gasteiger partial charge in [0.15, 0.2) is 11.6 Å². The summed E-state index contributed by atoms with van der Waals surface area (Å²) in [4.78, 5) is 29.1. The smallest absolute Gasteiger partial charge is 0.322 e. The Balaban J connectivity index is 1.27. The fraction of sp³-hybridized carbons (Fsp3) is 0.462. The highest BCUT2D eigenvalue weighted by molar-refractivity contribution is 5.90. The number of hydrogen-bond donors (Lipinski definition) is 2. The molecule has 35 heavy (non-hydrogen) atoms. The van der Waals surface area contributed by atoms with Gasteiger partial charge in [0.25, 0.3) is 0 Å². The molecule has 0 radical (unpaired) electrons. The molecule has 2 aromatic rings. The van der Waals surface area contributed by atoms with Crippen LogP contribution in [0.1, 0.15) is 43.7 Å². The van der Waals surface area contributed by atoms with Crippen molar-refractivity contribution in [1.29, 1.82) is 0 Å². The Morgan fingerprint density at radius 2 is 1.69 bits per heavy atom. The lowest BCUT2D eigenvalue weighted by Crippen LogP contribution is -2.52. The van der Waals surface area contributed by atoms with Gasteiger partial charge in [0.05, 0.1) is 12.1 Å². The van der Waals surface area contributed by atoms with Gasteiger partial charge in [-0.15, -0.1) is 0 Å². The third-order valence-corrected chi connectivity index (χ3v) is 6.85. The zero-order valence-electron chi connectivity index (χ0n) is 19.8. The van der Waals surface area contributed by atoms with Gasteiger partial charge in [-0.2, -0.15) is 0 Å². The molecule has 2 aliphatic rings. The van der Waals surface area contributed by atoms with Crippen LogP contribution in [0.4, 0.5) is 23.7 Å². The third kappa shape index (κ3) is 5.78. The molecule has 9 heteroatoms. The van der Waals surface area contributed by atoms with E-state index in [1.165, 1.54) is 5.56 Å². The van der Waals surface area contributed by atoms with E-state index in [-0.39, 0.29) is 42.4 Å². The standard InChI is InChI=1S/C26H31F3N4O2/c1-2-3-4-16-5-7-19(8-6-16)31-26(35)33-15-20-12-21(33)14-32(20)25(34)11-18(30)9-17-10-23(28)24(29)13-22(17)27/h5-8,10,13,18,20-21H,2-4,9,11-12,14-15,30H2,1H3,(H,31,35)/t18-,20+,21-/m1/s1.